The number of aromatic amines is 1. The number of hydrogen-bond acceptors (Lipinski definition) is 4. The summed E-state index contributed by atoms with van der Waals surface area (Å²) in [6.45, 7) is 2.69. The Labute approximate surface area is 110 Å². The summed E-state index contributed by atoms with van der Waals surface area (Å²) in [7, 11) is 0. The molecule has 6 heteroatoms. The average molecular weight is 254 g/mol. The van der Waals surface area contributed by atoms with Crippen molar-refractivity contribution in [2.75, 3.05) is 5.32 Å². The second-order valence-electron chi connectivity index (χ2n) is 4.20. The summed E-state index contributed by atoms with van der Waals surface area (Å²) in [4.78, 5) is 15.7. The maximum absolute atomic E-state index is 4.38. The molecule has 3 aromatic heterocycles. The lowest BCUT2D eigenvalue weighted by molar-refractivity contribution is 0.987. The maximum atomic E-state index is 4.38. The second kappa shape index (κ2) is 4.93. The van der Waals surface area contributed by atoms with Crippen molar-refractivity contribution in [3.8, 4) is 5.82 Å². The van der Waals surface area contributed by atoms with Crippen molar-refractivity contribution in [1.29, 1.82) is 0 Å². The highest BCUT2D eigenvalue weighted by atomic mass is 15.1. The van der Waals surface area contributed by atoms with Crippen LogP contribution in [0.4, 0.5) is 5.69 Å². The van der Waals surface area contributed by atoms with E-state index < -0.39 is 0 Å². The average Bonchev–Trinajstić information content (AvgIpc) is 3.09. The van der Waals surface area contributed by atoms with Gasteiger partial charge in [0.2, 0.25) is 0 Å². The van der Waals surface area contributed by atoms with Crippen molar-refractivity contribution in [3.05, 3.63) is 54.8 Å². The molecule has 0 aliphatic rings. The SMILES string of the molecule is Cc1[nH]cnc1CNc1ccc(-n2ccnc2)nc1. The van der Waals surface area contributed by atoms with E-state index in [4.69, 9.17) is 0 Å². The largest absolute Gasteiger partial charge is 0.378 e. The van der Waals surface area contributed by atoms with E-state index in [1.54, 1.807) is 25.0 Å². The van der Waals surface area contributed by atoms with Gasteiger partial charge in [-0.2, -0.15) is 0 Å². The first-order valence-corrected chi connectivity index (χ1v) is 6.00. The van der Waals surface area contributed by atoms with Crippen molar-refractivity contribution in [2.24, 2.45) is 0 Å². The molecule has 0 bridgehead atoms. The highest BCUT2D eigenvalue weighted by Gasteiger charge is 2.01. The standard InChI is InChI=1S/C13H14N6/c1-10-12(18-8-17-10)7-15-11-2-3-13(16-6-11)19-5-4-14-9-19/h2-6,8-9,15H,7H2,1H3,(H,17,18). The lowest BCUT2D eigenvalue weighted by Gasteiger charge is -2.06. The number of nitrogens with one attached hydrogen (secondary N) is 2. The molecule has 0 saturated heterocycles. The molecule has 3 aromatic rings. The molecule has 0 aliphatic carbocycles. The zero-order chi connectivity index (χ0) is 13.1. The number of pyridine rings is 1. The zero-order valence-electron chi connectivity index (χ0n) is 10.5. The molecular formula is C13H14N6. The van der Waals surface area contributed by atoms with Gasteiger partial charge in [0.25, 0.3) is 0 Å². The summed E-state index contributed by atoms with van der Waals surface area (Å²) in [5.74, 6) is 0.846. The molecule has 3 rings (SSSR count). The van der Waals surface area contributed by atoms with Crippen molar-refractivity contribution in [2.45, 2.75) is 13.5 Å². The van der Waals surface area contributed by atoms with Crippen LogP contribution >= 0.6 is 0 Å². The Morgan fingerprint density at radius 2 is 2.26 bits per heavy atom. The van der Waals surface area contributed by atoms with Crippen molar-refractivity contribution in [1.82, 2.24) is 24.5 Å². The van der Waals surface area contributed by atoms with Crippen LogP contribution < -0.4 is 5.32 Å². The lowest BCUT2D eigenvalue weighted by Crippen LogP contribution is -2.02. The van der Waals surface area contributed by atoms with Gasteiger partial charge in [0.15, 0.2) is 0 Å². The summed E-state index contributed by atoms with van der Waals surface area (Å²) in [5, 5.41) is 3.29. The monoisotopic (exact) mass is 254 g/mol. The van der Waals surface area contributed by atoms with E-state index in [0.29, 0.717) is 6.54 Å². The third kappa shape index (κ3) is 2.47. The number of anilines is 1. The summed E-state index contributed by atoms with van der Waals surface area (Å²) in [5.41, 5.74) is 3.06. The predicted molar refractivity (Wildman–Crippen MR) is 72.0 cm³/mol. The van der Waals surface area contributed by atoms with Crippen LogP contribution in [0.5, 0.6) is 0 Å². The van der Waals surface area contributed by atoms with Gasteiger partial charge < -0.3 is 10.3 Å². The maximum Gasteiger partial charge on any atom is 0.137 e. The van der Waals surface area contributed by atoms with E-state index in [1.807, 2.05) is 29.8 Å². The molecule has 0 fully saturated rings. The highest BCUT2D eigenvalue weighted by Crippen LogP contribution is 2.11. The predicted octanol–water partition coefficient (Wildman–Crippen LogP) is 1.91. The van der Waals surface area contributed by atoms with Gasteiger partial charge in [0, 0.05) is 18.1 Å². The molecule has 0 radical (unpaired) electrons. The number of H-pyrrole nitrogens is 1. The first-order chi connectivity index (χ1) is 9.33. The van der Waals surface area contributed by atoms with Gasteiger partial charge in [-0.05, 0) is 19.1 Å². The van der Waals surface area contributed by atoms with Crippen LogP contribution in [0.25, 0.3) is 5.82 Å². The van der Waals surface area contributed by atoms with Crippen LogP contribution in [0.1, 0.15) is 11.4 Å². The quantitative estimate of drug-likeness (QED) is 0.746. The Kier molecular flexibility index (Phi) is 2.97. The highest BCUT2D eigenvalue weighted by molar-refractivity contribution is 5.44. The molecule has 2 N–H and O–H groups in total. The first-order valence-electron chi connectivity index (χ1n) is 6.00. The summed E-state index contributed by atoms with van der Waals surface area (Å²) < 4.78 is 1.86. The Balaban J connectivity index is 1.68. The minimum Gasteiger partial charge on any atom is -0.378 e. The van der Waals surface area contributed by atoms with E-state index in [1.165, 1.54) is 0 Å². The molecule has 0 aliphatic heterocycles. The number of imidazole rings is 2. The molecular weight excluding hydrogens is 240 g/mol. The normalized spacial score (nSPS) is 10.6. The molecule has 0 saturated carbocycles. The Bertz CT molecular complexity index is 638. The number of rotatable bonds is 4. The van der Waals surface area contributed by atoms with E-state index in [-0.39, 0.29) is 0 Å². The summed E-state index contributed by atoms with van der Waals surface area (Å²) in [6.07, 6.45) is 8.82. The van der Waals surface area contributed by atoms with Crippen molar-refractivity contribution >= 4 is 5.69 Å². The number of nitrogens with zero attached hydrogens (tertiary/aromatic N) is 4. The Morgan fingerprint density at radius 1 is 1.32 bits per heavy atom. The Hall–Kier alpha value is -2.63. The van der Waals surface area contributed by atoms with Crippen LogP contribution in [0.15, 0.2) is 43.4 Å². The smallest absolute Gasteiger partial charge is 0.137 e. The molecule has 0 aromatic carbocycles. The van der Waals surface area contributed by atoms with Gasteiger partial charge in [0.1, 0.15) is 12.1 Å². The molecule has 0 spiro atoms. The van der Waals surface area contributed by atoms with Gasteiger partial charge in [-0.15, -0.1) is 0 Å². The Morgan fingerprint density at radius 3 is 2.89 bits per heavy atom. The van der Waals surface area contributed by atoms with E-state index in [0.717, 1.165) is 22.9 Å². The van der Waals surface area contributed by atoms with Gasteiger partial charge in [0.05, 0.1) is 30.5 Å². The van der Waals surface area contributed by atoms with E-state index in [2.05, 4.69) is 25.3 Å². The molecule has 19 heavy (non-hydrogen) atoms. The van der Waals surface area contributed by atoms with Crippen LogP contribution in [-0.4, -0.2) is 24.5 Å². The lowest BCUT2D eigenvalue weighted by atomic mass is 10.3. The molecule has 0 atom stereocenters. The van der Waals surface area contributed by atoms with Crippen LogP contribution in [-0.2, 0) is 6.54 Å². The zero-order valence-corrected chi connectivity index (χ0v) is 10.5. The van der Waals surface area contributed by atoms with Gasteiger partial charge in [-0.25, -0.2) is 15.0 Å². The number of aromatic nitrogens is 5. The fraction of sp³-hybridized carbons (Fsp3) is 0.154. The molecule has 6 nitrogen and oxygen atoms in total. The van der Waals surface area contributed by atoms with Crippen molar-refractivity contribution < 1.29 is 0 Å². The molecule has 0 unspecified atom stereocenters. The van der Waals surface area contributed by atoms with E-state index in [9.17, 15) is 0 Å². The van der Waals surface area contributed by atoms with Gasteiger partial charge in [-0.3, -0.25) is 4.57 Å². The molecule has 96 valence electrons. The number of hydrogen-bond donors (Lipinski definition) is 2. The minimum atomic E-state index is 0.682. The first kappa shape index (κ1) is 11.5. The van der Waals surface area contributed by atoms with Crippen molar-refractivity contribution in [3.63, 3.8) is 0 Å². The topological polar surface area (TPSA) is 71.4 Å². The minimum absolute atomic E-state index is 0.682. The van der Waals surface area contributed by atoms with Crippen LogP contribution in [0.3, 0.4) is 0 Å². The van der Waals surface area contributed by atoms with E-state index >= 15 is 0 Å². The van der Waals surface area contributed by atoms with Gasteiger partial charge >= 0.3 is 0 Å². The van der Waals surface area contributed by atoms with Gasteiger partial charge in [-0.1, -0.05) is 0 Å². The van der Waals surface area contributed by atoms with Crippen LogP contribution in [0, 0.1) is 6.92 Å². The number of aryl methyl sites for hydroxylation is 1. The summed E-state index contributed by atoms with van der Waals surface area (Å²) >= 11 is 0. The molecule has 0 amide bonds. The third-order valence-electron chi connectivity index (χ3n) is 2.91. The molecule has 3 heterocycles. The summed E-state index contributed by atoms with van der Waals surface area (Å²) in [6, 6.07) is 3.94. The van der Waals surface area contributed by atoms with Crippen LogP contribution in [0.2, 0.25) is 0 Å². The second-order valence-corrected chi connectivity index (χ2v) is 4.20. The fourth-order valence-corrected chi connectivity index (χ4v) is 1.79. The third-order valence-corrected chi connectivity index (χ3v) is 2.91. The fourth-order valence-electron chi connectivity index (χ4n) is 1.79.